The van der Waals surface area contributed by atoms with Crippen LogP contribution in [-0.4, -0.2) is 5.91 Å². The molecule has 0 saturated heterocycles. The zero-order valence-corrected chi connectivity index (χ0v) is 8.63. The molecule has 1 aliphatic rings. The van der Waals surface area contributed by atoms with Crippen LogP contribution in [0, 0.1) is 5.92 Å². The van der Waals surface area contributed by atoms with Gasteiger partial charge in [-0.15, -0.1) is 0 Å². The van der Waals surface area contributed by atoms with Crippen LogP contribution < -0.4 is 5.32 Å². The average Bonchev–Trinajstić information content (AvgIpc) is 2.42. The SMILES string of the molecule is CC(=O)Nc1ccc2c(c1)C[C@@H](C)C2. The number of benzene rings is 1. The van der Waals surface area contributed by atoms with Gasteiger partial charge in [-0.3, -0.25) is 4.79 Å². The van der Waals surface area contributed by atoms with Crippen LogP contribution in [0.1, 0.15) is 25.0 Å². The van der Waals surface area contributed by atoms with Crippen molar-refractivity contribution in [1.29, 1.82) is 0 Å². The van der Waals surface area contributed by atoms with Gasteiger partial charge in [0.05, 0.1) is 0 Å². The lowest BCUT2D eigenvalue weighted by Crippen LogP contribution is -2.05. The van der Waals surface area contributed by atoms with Crippen LogP contribution in [0.25, 0.3) is 0 Å². The Morgan fingerprint density at radius 3 is 2.79 bits per heavy atom. The predicted octanol–water partition coefficient (Wildman–Crippen LogP) is 2.38. The molecule has 0 unspecified atom stereocenters. The van der Waals surface area contributed by atoms with E-state index in [-0.39, 0.29) is 5.91 Å². The molecule has 0 heterocycles. The van der Waals surface area contributed by atoms with Crippen molar-refractivity contribution < 1.29 is 4.79 Å². The summed E-state index contributed by atoms with van der Waals surface area (Å²) in [6.07, 6.45) is 2.32. The zero-order valence-electron chi connectivity index (χ0n) is 8.63. The van der Waals surface area contributed by atoms with Crippen LogP contribution >= 0.6 is 0 Å². The number of nitrogens with one attached hydrogen (secondary N) is 1. The second-order valence-corrected chi connectivity index (χ2v) is 4.18. The fraction of sp³-hybridized carbons (Fsp3) is 0.417. The molecule has 0 aliphatic heterocycles. The molecule has 1 aromatic carbocycles. The summed E-state index contributed by atoms with van der Waals surface area (Å²) in [6.45, 7) is 3.80. The maximum atomic E-state index is 10.9. The molecule has 2 rings (SSSR count). The first-order chi connectivity index (χ1) is 6.65. The molecule has 1 aromatic rings. The van der Waals surface area contributed by atoms with E-state index in [1.165, 1.54) is 24.5 Å². The molecule has 2 heteroatoms. The van der Waals surface area contributed by atoms with Crippen LogP contribution in [0.3, 0.4) is 0 Å². The van der Waals surface area contributed by atoms with Gasteiger partial charge in [-0.25, -0.2) is 0 Å². The van der Waals surface area contributed by atoms with E-state index in [0.717, 1.165) is 18.0 Å². The van der Waals surface area contributed by atoms with Gasteiger partial charge in [0.25, 0.3) is 0 Å². The van der Waals surface area contributed by atoms with Gasteiger partial charge in [0.1, 0.15) is 0 Å². The van der Waals surface area contributed by atoms with Crippen LogP contribution in [0.2, 0.25) is 0 Å². The van der Waals surface area contributed by atoms with E-state index in [0.29, 0.717) is 0 Å². The van der Waals surface area contributed by atoms with Crippen molar-refractivity contribution in [2.75, 3.05) is 5.32 Å². The molecular weight excluding hydrogens is 174 g/mol. The third-order valence-corrected chi connectivity index (χ3v) is 2.66. The standard InChI is InChI=1S/C12H15NO/c1-8-5-10-3-4-12(13-9(2)14)7-11(10)6-8/h3-4,7-8H,5-6H2,1-2H3,(H,13,14)/t8-/m0/s1. The van der Waals surface area contributed by atoms with E-state index in [9.17, 15) is 4.79 Å². The molecule has 0 saturated carbocycles. The van der Waals surface area contributed by atoms with Crippen LogP contribution in [0.15, 0.2) is 18.2 Å². The molecule has 0 bridgehead atoms. The Hall–Kier alpha value is -1.31. The number of rotatable bonds is 1. The lowest BCUT2D eigenvalue weighted by molar-refractivity contribution is -0.114. The Kier molecular flexibility index (Phi) is 2.28. The zero-order chi connectivity index (χ0) is 10.1. The van der Waals surface area contributed by atoms with Gasteiger partial charge in [0.15, 0.2) is 0 Å². The van der Waals surface area contributed by atoms with Crippen molar-refractivity contribution in [3.63, 3.8) is 0 Å². The summed E-state index contributed by atoms with van der Waals surface area (Å²) in [7, 11) is 0. The van der Waals surface area contributed by atoms with E-state index in [1.54, 1.807) is 0 Å². The summed E-state index contributed by atoms with van der Waals surface area (Å²) >= 11 is 0. The minimum Gasteiger partial charge on any atom is -0.326 e. The molecule has 0 radical (unpaired) electrons. The maximum Gasteiger partial charge on any atom is 0.221 e. The molecule has 0 fully saturated rings. The highest BCUT2D eigenvalue weighted by Crippen LogP contribution is 2.28. The number of hydrogen-bond acceptors (Lipinski definition) is 1. The normalized spacial score (nSPS) is 19.1. The molecule has 74 valence electrons. The largest absolute Gasteiger partial charge is 0.326 e. The van der Waals surface area contributed by atoms with Crippen molar-refractivity contribution in [1.82, 2.24) is 0 Å². The summed E-state index contributed by atoms with van der Waals surface area (Å²) in [4.78, 5) is 10.9. The van der Waals surface area contributed by atoms with Crippen molar-refractivity contribution >= 4 is 11.6 Å². The molecule has 1 amide bonds. The topological polar surface area (TPSA) is 29.1 Å². The minimum absolute atomic E-state index is 0.00371. The number of carbonyl (C=O) groups excluding carboxylic acids is 1. The van der Waals surface area contributed by atoms with Gasteiger partial charge in [-0.05, 0) is 42.0 Å². The second-order valence-electron chi connectivity index (χ2n) is 4.18. The van der Waals surface area contributed by atoms with Crippen molar-refractivity contribution in [3.05, 3.63) is 29.3 Å². The second kappa shape index (κ2) is 3.45. The van der Waals surface area contributed by atoms with E-state index in [4.69, 9.17) is 0 Å². The third-order valence-electron chi connectivity index (χ3n) is 2.66. The van der Waals surface area contributed by atoms with Crippen molar-refractivity contribution in [2.45, 2.75) is 26.7 Å². The number of anilines is 1. The average molecular weight is 189 g/mol. The Bertz CT molecular complexity index is 371. The lowest BCUT2D eigenvalue weighted by Gasteiger charge is -2.04. The molecule has 1 N–H and O–H groups in total. The Morgan fingerprint density at radius 1 is 1.36 bits per heavy atom. The molecule has 0 aromatic heterocycles. The highest BCUT2D eigenvalue weighted by Gasteiger charge is 2.17. The van der Waals surface area contributed by atoms with Gasteiger partial charge in [0, 0.05) is 12.6 Å². The van der Waals surface area contributed by atoms with Gasteiger partial charge >= 0.3 is 0 Å². The van der Waals surface area contributed by atoms with Crippen LogP contribution in [0.4, 0.5) is 5.69 Å². The van der Waals surface area contributed by atoms with Gasteiger partial charge < -0.3 is 5.32 Å². The van der Waals surface area contributed by atoms with Crippen molar-refractivity contribution in [3.8, 4) is 0 Å². The molecular formula is C12H15NO. The van der Waals surface area contributed by atoms with E-state index in [1.807, 2.05) is 6.07 Å². The third kappa shape index (κ3) is 1.79. The fourth-order valence-corrected chi connectivity index (χ4v) is 2.12. The maximum absolute atomic E-state index is 10.9. The summed E-state index contributed by atoms with van der Waals surface area (Å²) in [5, 5.41) is 2.81. The van der Waals surface area contributed by atoms with Gasteiger partial charge in [0.2, 0.25) is 5.91 Å². The van der Waals surface area contributed by atoms with E-state index < -0.39 is 0 Å². The molecule has 14 heavy (non-hydrogen) atoms. The number of carbonyl (C=O) groups is 1. The first-order valence-electron chi connectivity index (χ1n) is 5.04. The lowest BCUT2D eigenvalue weighted by atomic mass is 10.1. The minimum atomic E-state index is -0.00371. The number of fused-ring (bicyclic) bond motifs is 1. The fourth-order valence-electron chi connectivity index (χ4n) is 2.12. The monoisotopic (exact) mass is 189 g/mol. The van der Waals surface area contributed by atoms with Gasteiger partial charge in [-0.2, -0.15) is 0 Å². The summed E-state index contributed by atoms with van der Waals surface area (Å²) in [6, 6.07) is 6.21. The molecule has 1 aliphatic carbocycles. The molecule has 0 spiro atoms. The Labute approximate surface area is 84.3 Å². The number of amides is 1. The first-order valence-corrected chi connectivity index (χ1v) is 5.04. The summed E-state index contributed by atoms with van der Waals surface area (Å²) in [5.74, 6) is 0.744. The molecule has 2 nitrogen and oxygen atoms in total. The van der Waals surface area contributed by atoms with Crippen LogP contribution in [0.5, 0.6) is 0 Å². The highest BCUT2D eigenvalue weighted by atomic mass is 16.1. The Morgan fingerprint density at radius 2 is 2.07 bits per heavy atom. The van der Waals surface area contributed by atoms with Gasteiger partial charge in [-0.1, -0.05) is 13.0 Å². The van der Waals surface area contributed by atoms with Crippen molar-refractivity contribution in [2.24, 2.45) is 5.92 Å². The van der Waals surface area contributed by atoms with Crippen LogP contribution in [-0.2, 0) is 17.6 Å². The highest BCUT2D eigenvalue weighted by molar-refractivity contribution is 5.88. The molecule has 1 atom stereocenters. The Balaban J connectivity index is 2.24. The quantitative estimate of drug-likeness (QED) is 0.722. The smallest absolute Gasteiger partial charge is 0.221 e. The number of hydrogen-bond donors (Lipinski definition) is 1. The summed E-state index contributed by atoms with van der Waals surface area (Å²) < 4.78 is 0. The predicted molar refractivity (Wildman–Crippen MR) is 57.3 cm³/mol. The first kappa shape index (κ1) is 9.25. The summed E-state index contributed by atoms with van der Waals surface area (Å²) in [5.41, 5.74) is 3.75. The van der Waals surface area contributed by atoms with E-state index in [2.05, 4.69) is 24.4 Å². The van der Waals surface area contributed by atoms with E-state index >= 15 is 0 Å².